The molecule has 0 bridgehead atoms. The van der Waals surface area contributed by atoms with Gasteiger partial charge in [-0.25, -0.2) is 0 Å². The molecule has 0 aliphatic rings. The highest BCUT2D eigenvalue weighted by atomic mass is 16.3. The number of carbonyl (C=O) groups is 1. The first-order chi connectivity index (χ1) is 9.74. The maximum Gasteiger partial charge on any atom is 0.286 e. The summed E-state index contributed by atoms with van der Waals surface area (Å²) >= 11 is 0. The van der Waals surface area contributed by atoms with Crippen LogP contribution in [0.25, 0.3) is 11.0 Å². The van der Waals surface area contributed by atoms with Crippen molar-refractivity contribution in [3.05, 3.63) is 54.2 Å². The van der Waals surface area contributed by atoms with Crippen molar-refractivity contribution < 1.29 is 13.6 Å². The molecule has 0 fully saturated rings. The fourth-order valence-corrected chi connectivity index (χ4v) is 2.10. The van der Waals surface area contributed by atoms with Gasteiger partial charge in [-0.3, -0.25) is 4.79 Å². The van der Waals surface area contributed by atoms with E-state index in [1.165, 1.54) is 6.26 Å². The number of rotatable bonds is 4. The van der Waals surface area contributed by atoms with Gasteiger partial charge in [0.15, 0.2) is 5.76 Å². The maximum absolute atomic E-state index is 11.7. The molecule has 20 heavy (non-hydrogen) atoms. The van der Waals surface area contributed by atoms with E-state index in [4.69, 9.17) is 14.6 Å². The quantitative estimate of drug-likeness (QED) is 0.714. The largest absolute Gasteiger partial charge is 0.464 e. The lowest BCUT2D eigenvalue weighted by Crippen LogP contribution is -2.25. The summed E-state index contributed by atoms with van der Waals surface area (Å²) in [6, 6.07) is 8.83. The first kappa shape index (κ1) is 12.3. The zero-order valence-corrected chi connectivity index (χ0v) is 10.8. The van der Waals surface area contributed by atoms with Gasteiger partial charge in [-0.1, -0.05) is 0 Å². The Morgan fingerprint density at radius 2 is 2.15 bits per heavy atom. The fraction of sp³-hybridized carbons (Fsp3) is 0.133. The lowest BCUT2D eigenvalue weighted by atomic mass is 10.1. The Labute approximate surface area is 115 Å². The van der Waals surface area contributed by atoms with Crippen molar-refractivity contribution in [3.63, 3.8) is 0 Å². The van der Waals surface area contributed by atoms with Crippen molar-refractivity contribution in [2.24, 2.45) is 0 Å². The van der Waals surface area contributed by atoms with Crippen LogP contribution in [0.2, 0.25) is 0 Å². The smallest absolute Gasteiger partial charge is 0.286 e. The molecule has 0 spiro atoms. The summed E-state index contributed by atoms with van der Waals surface area (Å²) in [7, 11) is 0. The second kappa shape index (κ2) is 5.13. The average molecular weight is 270 g/mol. The molecule has 0 radical (unpaired) electrons. The van der Waals surface area contributed by atoms with Gasteiger partial charge in [0.05, 0.1) is 12.5 Å². The Morgan fingerprint density at radius 3 is 2.95 bits per heavy atom. The number of hydrogen-bond donors (Lipinski definition) is 2. The Morgan fingerprint density at radius 1 is 1.25 bits per heavy atom. The molecule has 5 nitrogen and oxygen atoms in total. The highest BCUT2D eigenvalue weighted by molar-refractivity contribution is 5.91. The molecule has 0 saturated carbocycles. The molecule has 3 aromatic rings. The van der Waals surface area contributed by atoms with Crippen LogP contribution >= 0.6 is 0 Å². The van der Waals surface area contributed by atoms with Crippen LogP contribution in [-0.4, -0.2) is 12.5 Å². The van der Waals surface area contributed by atoms with Crippen LogP contribution in [0.5, 0.6) is 0 Å². The second-order valence-electron chi connectivity index (χ2n) is 4.50. The summed E-state index contributed by atoms with van der Waals surface area (Å²) in [5.74, 6) is 0.0913. The van der Waals surface area contributed by atoms with Gasteiger partial charge in [-0.15, -0.1) is 0 Å². The predicted molar refractivity (Wildman–Crippen MR) is 75.4 cm³/mol. The number of amides is 1. The lowest BCUT2D eigenvalue weighted by Gasteiger charge is -2.02. The van der Waals surface area contributed by atoms with Gasteiger partial charge in [-0.05, 0) is 36.8 Å². The van der Waals surface area contributed by atoms with Crippen molar-refractivity contribution >= 4 is 22.6 Å². The average Bonchev–Trinajstić information content (AvgIpc) is 3.08. The fourth-order valence-electron chi connectivity index (χ4n) is 2.10. The number of carbonyl (C=O) groups excluding carboxylic acids is 1. The third-order valence-electron chi connectivity index (χ3n) is 3.10. The summed E-state index contributed by atoms with van der Waals surface area (Å²) in [6.07, 6.45) is 3.84. The number of benzene rings is 1. The summed E-state index contributed by atoms with van der Waals surface area (Å²) in [6.45, 7) is 0.503. The Kier molecular flexibility index (Phi) is 3.16. The van der Waals surface area contributed by atoms with Crippen molar-refractivity contribution in [3.8, 4) is 0 Å². The normalized spacial score (nSPS) is 10.8. The van der Waals surface area contributed by atoms with Gasteiger partial charge in [-0.2, -0.15) is 0 Å². The molecule has 2 aromatic heterocycles. The van der Waals surface area contributed by atoms with Crippen LogP contribution in [-0.2, 0) is 6.42 Å². The van der Waals surface area contributed by atoms with Crippen LogP contribution in [0.15, 0.2) is 51.7 Å². The van der Waals surface area contributed by atoms with Gasteiger partial charge < -0.3 is 19.9 Å². The number of hydrogen-bond acceptors (Lipinski definition) is 4. The van der Waals surface area contributed by atoms with E-state index in [0.29, 0.717) is 24.4 Å². The van der Waals surface area contributed by atoms with Crippen molar-refractivity contribution in [1.29, 1.82) is 0 Å². The minimum absolute atomic E-state index is 0.220. The zero-order valence-electron chi connectivity index (χ0n) is 10.8. The molecular formula is C15H14N2O3. The van der Waals surface area contributed by atoms with Crippen LogP contribution < -0.4 is 11.1 Å². The van der Waals surface area contributed by atoms with Gasteiger partial charge in [0.2, 0.25) is 0 Å². The first-order valence-corrected chi connectivity index (χ1v) is 6.31. The van der Waals surface area contributed by atoms with Crippen molar-refractivity contribution in [2.75, 3.05) is 12.3 Å². The molecule has 1 aromatic carbocycles. The summed E-state index contributed by atoms with van der Waals surface area (Å²) in [5.41, 5.74) is 8.28. The van der Waals surface area contributed by atoms with E-state index < -0.39 is 0 Å². The molecule has 0 saturated heterocycles. The molecule has 0 unspecified atom stereocenters. The molecule has 3 N–H and O–H groups in total. The number of nitrogen functional groups attached to an aromatic ring is 1. The highest BCUT2D eigenvalue weighted by Gasteiger charge is 2.09. The number of anilines is 1. The van der Waals surface area contributed by atoms with E-state index in [1.807, 2.05) is 12.1 Å². The first-order valence-electron chi connectivity index (χ1n) is 6.31. The molecule has 102 valence electrons. The van der Waals surface area contributed by atoms with Crippen LogP contribution in [0.1, 0.15) is 16.1 Å². The van der Waals surface area contributed by atoms with E-state index in [0.717, 1.165) is 16.5 Å². The van der Waals surface area contributed by atoms with Gasteiger partial charge >= 0.3 is 0 Å². The second-order valence-corrected chi connectivity index (χ2v) is 4.50. The van der Waals surface area contributed by atoms with E-state index in [1.54, 1.807) is 24.5 Å². The number of furan rings is 2. The highest BCUT2D eigenvalue weighted by Crippen LogP contribution is 2.23. The van der Waals surface area contributed by atoms with E-state index in [9.17, 15) is 4.79 Å². The Balaban J connectivity index is 1.65. The molecular weight excluding hydrogens is 256 g/mol. The van der Waals surface area contributed by atoms with Gasteiger partial charge in [0, 0.05) is 23.2 Å². The van der Waals surface area contributed by atoms with Crippen molar-refractivity contribution in [1.82, 2.24) is 5.32 Å². The lowest BCUT2D eigenvalue weighted by molar-refractivity contribution is 0.0926. The topological polar surface area (TPSA) is 81.4 Å². The van der Waals surface area contributed by atoms with E-state index in [-0.39, 0.29) is 5.91 Å². The molecule has 2 heterocycles. The summed E-state index contributed by atoms with van der Waals surface area (Å²) in [4.78, 5) is 11.7. The number of nitrogens with two attached hydrogens (primary N) is 1. The van der Waals surface area contributed by atoms with E-state index >= 15 is 0 Å². The minimum atomic E-state index is -0.220. The van der Waals surface area contributed by atoms with Gasteiger partial charge in [0.1, 0.15) is 5.58 Å². The zero-order chi connectivity index (χ0) is 13.9. The summed E-state index contributed by atoms with van der Waals surface area (Å²) < 4.78 is 10.5. The van der Waals surface area contributed by atoms with Crippen molar-refractivity contribution in [2.45, 2.75) is 6.42 Å². The summed E-state index contributed by atoms with van der Waals surface area (Å²) in [5, 5.41) is 3.78. The van der Waals surface area contributed by atoms with Crippen LogP contribution in [0.4, 0.5) is 5.69 Å². The number of fused-ring (bicyclic) bond motifs is 1. The molecule has 0 atom stereocenters. The van der Waals surface area contributed by atoms with Crippen LogP contribution in [0.3, 0.4) is 0 Å². The monoisotopic (exact) mass is 270 g/mol. The Hall–Kier alpha value is -2.69. The third kappa shape index (κ3) is 2.38. The van der Waals surface area contributed by atoms with Crippen LogP contribution in [0, 0.1) is 0 Å². The third-order valence-corrected chi connectivity index (χ3v) is 3.10. The number of nitrogens with one attached hydrogen (secondary N) is 1. The van der Waals surface area contributed by atoms with E-state index in [2.05, 4.69) is 5.32 Å². The maximum atomic E-state index is 11.7. The predicted octanol–water partition coefficient (Wildman–Crippen LogP) is 2.58. The molecule has 0 aliphatic carbocycles. The Bertz CT molecular complexity index is 729. The van der Waals surface area contributed by atoms with Gasteiger partial charge in [0.25, 0.3) is 5.91 Å². The molecule has 3 rings (SSSR count). The molecule has 5 heteroatoms. The standard InChI is InChI=1S/C15H14N2O3/c16-11-3-4-13-12(8-11)10(9-20-13)5-6-17-15(18)14-2-1-7-19-14/h1-4,7-9H,5-6,16H2,(H,17,18). The molecule has 1 amide bonds. The minimum Gasteiger partial charge on any atom is -0.464 e. The SMILES string of the molecule is Nc1ccc2occ(CCNC(=O)c3ccco3)c2c1. The molecule has 0 aliphatic heterocycles.